The molecule has 4 aromatic rings. The van der Waals surface area contributed by atoms with Crippen LogP contribution in [0, 0.1) is 11.6 Å². The molecule has 12 nitrogen and oxygen atoms in total. The Kier molecular flexibility index (Phi) is 21.2. The van der Waals surface area contributed by atoms with Crippen molar-refractivity contribution in [3.63, 3.8) is 0 Å². The van der Waals surface area contributed by atoms with Gasteiger partial charge in [0.1, 0.15) is 46.8 Å². The molecule has 0 saturated heterocycles. The van der Waals surface area contributed by atoms with E-state index in [1.54, 1.807) is 42.5 Å². The van der Waals surface area contributed by atoms with Crippen molar-refractivity contribution in [3.8, 4) is 23.0 Å². The second-order valence-electron chi connectivity index (χ2n) is 13.9. The number of carbonyl (C=O) groups excluding carboxylic acids is 5. The molecule has 0 amide bonds. The number of hydrogen-bond acceptors (Lipinski definition) is 12. The fourth-order valence-corrected chi connectivity index (χ4v) is 5.65. The van der Waals surface area contributed by atoms with E-state index < -0.39 is 41.5 Å². The first kappa shape index (κ1) is 49.3. The maximum Gasteiger partial charge on any atom is 0.342 e. The van der Waals surface area contributed by atoms with Crippen molar-refractivity contribution in [3.05, 3.63) is 156 Å². The topological polar surface area (TPSA) is 150 Å². The molecule has 0 aliphatic carbocycles. The van der Waals surface area contributed by atoms with Crippen LogP contribution in [0.25, 0.3) is 12.2 Å². The largest absolute Gasteiger partial charge is 0.493 e. The molecule has 0 atom stereocenters. The number of rotatable bonds is 27. The minimum atomic E-state index is -0.942. The summed E-state index contributed by atoms with van der Waals surface area (Å²) in [6.45, 7) is 7.92. The lowest BCUT2D eigenvalue weighted by Gasteiger charge is -2.11. The number of esters is 5. The highest BCUT2D eigenvalue weighted by Gasteiger charge is 2.19. The van der Waals surface area contributed by atoms with E-state index in [0.29, 0.717) is 62.8 Å². The first-order chi connectivity index (χ1) is 31.0. The van der Waals surface area contributed by atoms with Crippen LogP contribution >= 0.6 is 0 Å². The van der Waals surface area contributed by atoms with E-state index in [4.69, 9.17) is 33.2 Å². The molecule has 0 fully saturated rings. The first-order valence-electron chi connectivity index (χ1n) is 20.6. The van der Waals surface area contributed by atoms with E-state index >= 15 is 0 Å². The summed E-state index contributed by atoms with van der Waals surface area (Å²) in [5.41, 5.74) is 0.610. The summed E-state index contributed by atoms with van der Waals surface area (Å²) >= 11 is 0. The van der Waals surface area contributed by atoms with Gasteiger partial charge in [0, 0.05) is 47.6 Å². The summed E-state index contributed by atoms with van der Waals surface area (Å²) < 4.78 is 67.2. The van der Waals surface area contributed by atoms with E-state index in [0.717, 1.165) is 62.5 Å². The predicted octanol–water partition coefficient (Wildman–Crippen LogP) is 9.90. The normalized spacial score (nSPS) is 10.8. The standard InChI is InChI=1S/C50H50F2O12/c1-3-46(53)60-30-14-7-5-12-28-58-39-22-18-37(43(51)33-39)20-26-48(55)63-41-24-25-45(42(32-41)50(57)62-35-36-16-10-9-11-17-36)64-49(56)27-21-38-19-23-40(34-44(38)52)59-29-13-6-8-15-31-61-47(54)4-2/h3-4,9-11,16-27,32-34H,1-2,5-8,12-15,28-31,35H2/b26-20+,27-21+. The van der Waals surface area contributed by atoms with Gasteiger partial charge in [-0.15, -0.1) is 0 Å². The van der Waals surface area contributed by atoms with Gasteiger partial charge in [-0.3, -0.25) is 0 Å². The molecule has 0 heterocycles. The van der Waals surface area contributed by atoms with E-state index in [1.807, 2.05) is 0 Å². The van der Waals surface area contributed by atoms with E-state index in [9.17, 15) is 32.8 Å². The van der Waals surface area contributed by atoms with Gasteiger partial charge < -0.3 is 33.2 Å². The molecule has 0 unspecified atom stereocenters. The molecular formula is C50H50F2O12. The van der Waals surface area contributed by atoms with Gasteiger partial charge in [-0.05, 0) is 112 Å². The minimum absolute atomic E-state index is 0.0747. The summed E-state index contributed by atoms with van der Waals surface area (Å²) in [4.78, 5) is 61.2. The maximum atomic E-state index is 14.9. The van der Waals surface area contributed by atoms with Gasteiger partial charge in [0.05, 0.1) is 26.4 Å². The van der Waals surface area contributed by atoms with Crippen molar-refractivity contribution in [2.24, 2.45) is 0 Å². The molecule has 0 spiro atoms. The number of benzene rings is 4. The Morgan fingerprint density at radius 1 is 0.500 bits per heavy atom. The summed E-state index contributed by atoms with van der Waals surface area (Å²) in [5.74, 6) is -4.63. The highest BCUT2D eigenvalue weighted by molar-refractivity contribution is 5.96. The molecular weight excluding hydrogens is 831 g/mol. The molecule has 4 rings (SSSR count). The molecule has 14 heteroatoms. The molecule has 0 bridgehead atoms. The summed E-state index contributed by atoms with van der Waals surface area (Å²) in [6.07, 6.45) is 12.8. The van der Waals surface area contributed by atoms with Crippen LogP contribution in [0.3, 0.4) is 0 Å². The third kappa shape index (κ3) is 18.3. The van der Waals surface area contributed by atoms with Crippen molar-refractivity contribution < 1.29 is 65.9 Å². The van der Waals surface area contributed by atoms with Crippen LogP contribution in [0.5, 0.6) is 23.0 Å². The zero-order chi connectivity index (χ0) is 45.9. The van der Waals surface area contributed by atoms with Gasteiger partial charge in [0.2, 0.25) is 0 Å². The van der Waals surface area contributed by atoms with E-state index in [1.165, 1.54) is 48.6 Å². The van der Waals surface area contributed by atoms with Crippen LogP contribution < -0.4 is 18.9 Å². The smallest absolute Gasteiger partial charge is 0.342 e. The Morgan fingerprint density at radius 3 is 1.48 bits per heavy atom. The lowest BCUT2D eigenvalue weighted by Crippen LogP contribution is -2.12. The van der Waals surface area contributed by atoms with Crippen LogP contribution in [-0.2, 0) is 40.0 Å². The second kappa shape index (κ2) is 27.6. The third-order valence-corrected chi connectivity index (χ3v) is 8.99. The fraction of sp³-hybridized carbons (Fsp3) is 0.260. The first-order valence-corrected chi connectivity index (χ1v) is 20.6. The number of unbranched alkanes of at least 4 members (excludes halogenated alkanes) is 6. The van der Waals surface area contributed by atoms with Crippen molar-refractivity contribution in [1.29, 1.82) is 0 Å². The van der Waals surface area contributed by atoms with Gasteiger partial charge in [-0.1, -0.05) is 43.5 Å². The second-order valence-corrected chi connectivity index (χ2v) is 13.9. The third-order valence-electron chi connectivity index (χ3n) is 8.99. The van der Waals surface area contributed by atoms with Crippen LogP contribution in [0.2, 0.25) is 0 Å². The Bertz CT molecular complexity index is 2270. The van der Waals surface area contributed by atoms with Crippen molar-refractivity contribution in [2.75, 3.05) is 26.4 Å². The quantitative estimate of drug-likeness (QED) is 0.0184. The minimum Gasteiger partial charge on any atom is -0.493 e. The van der Waals surface area contributed by atoms with Gasteiger partial charge in [-0.2, -0.15) is 0 Å². The van der Waals surface area contributed by atoms with Crippen LogP contribution in [0.4, 0.5) is 8.78 Å². The van der Waals surface area contributed by atoms with Gasteiger partial charge in [-0.25, -0.2) is 32.8 Å². The van der Waals surface area contributed by atoms with Crippen LogP contribution in [0.15, 0.2) is 122 Å². The van der Waals surface area contributed by atoms with E-state index in [2.05, 4.69) is 13.2 Å². The fourth-order valence-electron chi connectivity index (χ4n) is 5.65. The predicted molar refractivity (Wildman–Crippen MR) is 234 cm³/mol. The summed E-state index contributed by atoms with van der Waals surface area (Å²) in [5, 5.41) is 0. The van der Waals surface area contributed by atoms with Gasteiger partial charge >= 0.3 is 29.8 Å². The van der Waals surface area contributed by atoms with Crippen LogP contribution in [-0.4, -0.2) is 56.3 Å². The summed E-state index contributed by atoms with van der Waals surface area (Å²) in [7, 11) is 0. The van der Waals surface area contributed by atoms with Crippen molar-refractivity contribution in [2.45, 2.75) is 58.0 Å². The molecule has 4 aromatic carbocycles. The van der Waals surface area contributed by atoms with E-state index in [-0.39, 0.29) is 34.8 Å². The highest BCUT2D eigenvalue weighted by Crippen LogP contribution is 2.27. The molecule has 0 saturated carbocycles. The lowest BCUT2D eigenvalue weighted by molar-refractivity contribution is -0.138. The number of ether oxygens (including phenoxy) is 7. The molecule has 336 valence electrons. The Labute approximate surface area is 370 Å². The van der Waals surface area contributed by atoms with Crippen molar-refractivity contribution in [1.82, 2.24) is 0 Å². The Morgan fingerprint density at radius 2 is 0.984 bits per heavy atom. The average molecular weight is 881 g/mol. The zero-order valence-electron chi connectivity index (χ0n) is 35.3. The average Bonchev–Trinajstić information content (AvgIpc) is 3.29. The van der Waals surface area contributed by atoms with Gasteiger partial charge in [0.25, 0.3) is 0 Å². The molecule has 0 N–H and O–H groups in total. The van der Waals surface area contributed by atoms with Gasteiger partial charge in [0.15, 0.2) is 0 Å². The summed E-state index contributed by atoms with van der Waals surface area (Å²) in [6, 6.07) is 20.9. The maximum absolute atomic E-state index is 14.9. The Balaban J connectivity index is 1.32. The van der Waals surface area contributed by atoms with Crippen LogP contribution in [0.1, 0.15) is 78.4 Å². The molecule has 0 radical (unpaired) electrons. The number of carbonyl (C=O) groups is 5. The number of hydrogen-bond donors (Lipinski definition) is 0. The zero-order valence-corrected chi connectivity index (χ0v) is 35.3. The lowest BCUT2D eigenvalue weighted by atomic mass is 10.1. The Hall–Kier alpha value is -7.35. The molecule has 0 aromatic heterocycles. The SMILES string of the molecule is C=CC(=O)OCCCCCCOc1ccc(/C=C/C(=O)Oc2ccc(OC(=O)/C=C/c3ccc(OCCCCCCOC(=O)C=C)cc3F)c(C(=O)OCc3ccccc3)c2)c(F)c1. The molecule has 0 aliphatic heterocycles. The number of halogens is 2. The molecule has 64 heavy (non-hydrogen) atoms. The monoisotopic (exact) mass is 880 g/mol. The molecule has 0 aliphatic rings. The highest BCUT2D eigenvalue weighted by atomic mass is 19.1. The van der Waals surface area contributed by atoms with Crippen molar-refractivity contribution >= 4 is 42.0 Å².